The van der Waals surface area contributed by atoms with Crippen molar-refractivity contribution in [3.63, 3.8) is 0 Å². The second-order valence-electron chi connectivity index (χ2n) is 6.66. The maximum atomic E-state index is 16.1. The SMILES string of the molecule is O=C(O)CCCC(F)[PH](c1ccccc1)(c1ccccc1)c1ccccc1. The Hall–Kier alpha value is -2.51. The zero-order valence-corrected chi connectivity index (χ0v) is 16.1. The van der Waals surface area contributed by atoms with Gasteiger partial charge in [0, 0.05) is 0 Å². The molecule has 0 bridgehead atoms. The zero-order valence-electron chi connectivity index (χ0n) is 15.1. The van der Waals surface area contributed by atoms with Crippen LogP contribution in [0.5, 0.6) is 0 Å². The van der Waals surface area contributed by atoms with Crippen LogP contribution in [0.4, 0.5) is 4.39 Å². The van der Waals surface area contributed by atoms with E-state index in [1.165, 1.54) is 0 Å². The van der Waals surface area contributed by atoms with Gasteiger partial charge in [-0.1, -0.05) is 0 Å². The van der Waals surface area contributed by atoms with Crippen molar-refractivity contribution in [2.75, 3.05) is 0 Å². The Kier molecular flexibility index (Phi) is 6.36. The predicted octanol–water partition coefficient (Wildman–Crippen LogP) is 4.26. The first-order valence-corrected chi connectivity index (χ1v) is 11.3. The standard InChI is InChI=1S/C23H24FO2P/c24-22(17-10-18-23(25)26)27(19-11-4-1-5-12-19,20-13-6-2-7-14-20)21-15-8-3-9-16-21/h1-9,11-16,22,27H,10,17-18H2,(H,25,26). The number of carboxylic acids is 1. The van der Waals surface area contributed by atoms with E-state index < -0.39 is 19.1 Å². The first-order valence-electron chi connectivity index (χ1n) is 9.18. The van der Waals surface area contributed by atoms with Crippen LogP contribution in [0.3, 0.4) is 0 Å². The molecule has 0 saturated carbocycles. The molecule has 3 aromatic carbocycles. The van der Waals surface area contributed by atoms with E-state index in [2.05, 4.69) is 0 Å². The first-order chi connectivity index (χ1) is 13.2. The maximum absolute atomic E-state index is 16.1. The van der Waals surface area contributed by atoms with Crippen LogP contribution >= 0.6 is 7.26 Å². The van der Waals surface area contributed by atoms with Crippen molar-refractivity contribution in [2.24, 2.45) is 0 Å². The van der Waals surface area contributed by atoms with Crippen LogP contribution in [0.25, 0.3) is 0 Å². The number of rotatable bonds is 8. The van der Waals surface area contributed by atoms with Crippen LogP contribution in [0.15, 0.2) is 91.0 Å². The molecule has 140 valence electrons. The summed E-state index contributed by atoms with van der Waals surface area (Å²) in [6.45, 7) is 0. The van der Waals surface area contributed by atoms with Crippen molar-refractivity contribution in [3.8, 4) is 0 Å². The van der Waals surface area contributed by atoms with Gasteiger partial charge in [0.05, 0.1) is 0 Å². The van der Waals surface area contributed by atoms with Crippen molar-refractivity contribution in [3.05, 3.63) is 91.0 Å². The van der Waals surface area contributed by atoms with Crippen molar-refractivity contribution in [2.45, 2.75) is 25.2 Å². The molecule has 0 heterocycles. The molecular weight excluding hydrogens is 358 g/mol. The Balaban J connectivity index is 2.18. The van der Waals surface area contributed by atoms with Gasteiger partial charge < -0.3 is 0 Å². The minimum absolute atomic E-state index is 0.0106. The number of hydrogen-bond acceptors (Lipinski definition) is 1. The van der Waals surface area contributed by atoms with Gasteiger partial charge in [0.15, 0.2) is 0 Å². The Morgan fingerprint density at radius 3 is 1.48 bits per heavy atom. The van der Waals surface area contributed by atoms with Crippen LogP contribution < -0.4 is 15.9 Å². The summed E-state index contributed by atoms with van der Waals surface area (Å²) in [5, 5.41) is 12.0. The number of carbonyl (C=O) groups is 1. The van der Waals surface area contributed by atoms with E-state index in [1.54, 1.807) is 0 Å². The topological polar surface area (TPSA) is 37.3 Å². The van der Waals surface area contributed by atoms with E-state index in [-0.39, 0.29) is 12.8 Å². The van der Waals surface area contributed by atoms with Crippen LogP contribution in [0.1, 0.15) is 19.3 Å². The normalized spacial score (nSPS) is 13.1. The van der Waals surface area contributed by atoms with E-state index >= 15 is 4.39 Å². The van der Waals surface area contributed by atoms with Crippen LogP contribution in [0.2, 0.25) is 0 Å². The first kappa shape index (κ1) is 19.3. The van der Waals surface area contributed by atoms with Gasteiger partial charge in [0.25, 0.3) is 0 Å². The molecule has 1 atom stereocenters. The number of benzene rings is 3. The molecule has 1 N–H and O–H groups in total. The van der Waals surface area contributed by atoms with Crippen molar-refractivity contribution in [1.82, 2.24) is 0 Å². The summed E-state index contributed by atoms with van der Waals surface area (Å²) >= 11 is 0. The van der Waals surface area contributed by atoms with Gasteiger partial charge >= 0.3 is 160 Å². The molecule has 0 aliphatic rings. The second-order valence-corrected chi connectivity index (χ2v) is 10.6. The quantitative estimate of drug-likeness (QED) is 0.591. The average molecular weight is 382 g/mol. The minimum atomic E-state index is -2.96. The fourth-order valence-corrected chi connectivity index (χ4v) is 8.67. The second kappa shape index (κ2) is 8.92. The third kappa shape index (κ3) is 4.09. The Morgan fingerprint density at radius 2 is 1.15 bits per heavy atom. The van der Waals surface area contributed by atoms with Gasteiger partial charge in [-0.2, -0.15) is 0 Å². The summed E-state index contributed by atoms with van der Waals surface area (Å²) in [6.07, 6.45) is 0.554. The number of aliphatic carboxylic acids is 1. The van der Waals surface area contributed by atoms with Crippen molar-refractivity contribution >= 4 is 29.1 Å². The number of carboxylic acid groups (broad SMARTS) is 1. The average Bonchev–Trinajstić information content (AvgIpc) is 2.71. The van der Waals surface area contributed by atoms with Crippen LogP contribution in [-0.2, 0) is 4.79 Å². The van der Waals surface area contributed by atoms with Crippen LogP contribution in [0, 0.1) is 0 Å². The summed E-state index contributed by atoms with van der Waals surface area (Å²) in [7, 11) is -2.96. The number of alkyl halides is 1. The van der Waals surface area contributed by atoms with E-state index in [9.17, 15) is 4.79 Å². The van der Waals surface area contributed by atoms with Crippen molar-refractivity contribution in [1.29, 1.82) is 0 Å². The molecule has 0 aliphatic carbocycles. The van der Waals surface area contributed by atoms with Crippen molar-refractivity contribution < 1.29 is 14.3 Å². The Morgan fingerprint density at radius 1 is 0.778 bits per heavy atom. The van der Waals surface area contributed by atoms with E-state index in [4.69, 9.17) is 5.11 Å². The Labute approximate surface area is 160 Å². The number of halogens is 1. The van der Waals surface area contributed by atoms with E-state index in [1.807, 2.05) is 91.0 Å². The van der Waals surface area contributed by atoms with E-state index in [0.717, 1.165) is 15.9 Å². The van der Waals surface area contributed by atoms with Gasteiger partial charge in [0.1, 0.15) is 0 Å². The summed E-state index contributed by atoms with van der Waals surface area (Å²) in [6, 6.07) is 29.6. The van der Waals surface area contributed by atoms with Gasteiger partial charge in [-0.05, 0) is 0 Å². The summed E-state index contributed by atoms with van der Waals surface area (Å²) in [4.78, 5) is 10.9. The van der Waals surface area contributed by atoms with Gasteiger partial charge in [-0.3, -0.25) is 0 Å². The fourth-order valence-electron chi connectivity index (χ4n) is 3.79. The molecule has 0 spiro atoms. The van der Waals surface area contributed by atoms with E-state index in [0.29, 0.717) is 6.42 Å². The predicted molar refractivity (Wildman–Crippen MR) is 113 cm³/mol. The molecule has 0 amide bonds. The molecular formula is C23H24FO2P. The molecule has 0 aromatic heterocycles. The van der Waals surface area contributed by atoms with Gasteiger partial charge in [-0.15, -0.1) is 0 Å². The fraction of sp³-hybridized carbons (Fsp3) is 0.174. The third-order valence-corrected chi connectivity index (χ3v) is 9.97. The number of hydrogen-bond donors (Lipinski definition) is 1. The molecule has 4 heteroatoms. The molecule has 0 radical (unpaired) electrons. The summed E-state index contributed by atoms with van der Waals surface area (Å²) in [5.74, 6) is -2.00. The molecule has 1 unspecified atom stereocenters. The van der Waals surface area contributed by atoms with Gasteiger partial charge in [0.2, 0.25) is 0 Å². The molecule has 3 rings (SSSR count). The Bertz CT molecular complexity index is 757. The third-order valence-electron chi connectivity index (χ3n) is 5.01. The molecule has 0 fully saturated rings. The molecule has 27 heavy (non-hydrogen) atoms. The zero-order chi connectivity index (χ0) is 19.1. The molecule has 0 saturated heterocycles. The monoisotopic (exact) mass is 382 g/mol. The van der Waals surface area contributed by atoms with Crippen LogP contribution in [-0.4, -0.2) is 17.0 Å². The molecule has 0 aliphatic heterocycles. The summed E-state index contributed by atoms with van der Waals surface area (Å²) in [5.41, 5.74) is 0. The molecule has 3 aromatic rings. The molecule has 2 nitrogen and oxygen atoms in total. The van der Waals surface area contributed by atoms with Gasteiger partial charge in [-0.25, -0.2) is 0 Å². The summed E-state index contributed by atoms with van der Waals surface area (Å²) < 4.78 is 16.1.